The minimum Gasteiger partial charge on any atom is -0.496 e. The van der Waals surface area contributed by atoms with Crippen molar-refractivity contribution in [1.29, 1.82) is 0 Å². The molecule has 0 N–H and O–H groups in total. The Morgan fingerprint density at radius 1 is 0.730 bits per heavy atom. The molecule has 0 bridgehead atoms. The zero-order valence-electron chi connectivity index (χ0n) is 23.0. The molecule has 0 heterocycles. The topological polar surface area (TPSA) is 54.0 Å². The first-order chi connectivity index (χ1) is 17.6. The predicted molar refractivity (Wildman–Crippen MR) is 155 cm³/mol. The number of methoxy groups -OCH3 is 4. The highest BCUT2D eigenvalue weighted by molar-refractivity contribution is 7.49. The van der Waals surface area contributed by atoms with Crippen LogP contribution in [0.3, 0.4) is 0 Å². The Hall–Kier alpha value is -3.30. The highest BCUT2D eigenvalue weighted by Crippen LogP contribution is 2.47. The summed E-state index contributed by atoms with van der Waals surface area (Å²) in [5.41, 5.74) is 4.72. The first-order valence-electron chi connectivity index (χ1n) is 12.2. The van der Waals surface area contributed by atoms with Crippen molar-refractivity contribution in [3.05, 3.63) is 66.2 Å². The normalized spacial score (nSPS) is 11.4. The van der Waals surface area contributed by atoms with Gasteiger partial charge in [0.1, 0.15) is 23.0 Å². The average Bonchev–Trinajstić information content (AvgIpc) is 2.86. The van der Waals surface area contributed by atoms with Crippen LogP contribution < -0.4 is 24.3 Å². The van der Waals surface area contributed by atoms with Crippen LogP contribution in [0.4, 0.5) is 0 Å². The fourth-order valence-corrected chi connectivity index (χ4v) is 6.15. The number of hydrogen-bond acceptors (Lipinski definition) is 5. The Morgan fingerprint density at radius 3 is 1.46 bits per heavy atom. The van der Waals surface area contributed by atoms with Gasteiger partial charge in [0.2, 0.25) is 0 Å². The van der Waals surface area contributed by atoms with Crippen LogP contribution in [0.5, 0.6) is 23.0 Å². The lowest BCUT2D eigenvalue weighted by molar-refractivity contribution is -0.115. The molecule has 1 atom stereocenters. The van der Waals surface area contributed by atoms with Gasteiger partial charge < -0.3 is 18.9 Å². The van der Waals surface area contributed by atoms with Gasteiger partial charge in [-0.15, -0.1) is 0 Å². The van der Waals surface area contributed by atoms with Gasteiger partial charge in [-0.1, -0.05) is 58.3 Å². The van der Waals surface area contributed by atoms with Gasteiger partial charge in [0.15, 0.2) is 5.78 Å². The first-order valence-corrected chi connectivity index (χ1v) is 13.2. The van der Waals surface area contributed by atoms with Gasteiger partial charge in [-0.05, 0) is 65.8 Å². The first kappa shape index (κ1) is 28.3. The minimum absolute atomic E-state index is 0.126. The maximum absolute atomic E-state index is 12.8. The maximum Gasteiger partial charge on any atom is 0.156 e. The predicted octanol–water partition coefficient (Wildman–Crippen LogP) is 7.06. The van der Waals surface area contributed by atoms with Crippen molar-refractivity contribution in [2.24, 2.45) is 0 Å². The largest absolute Gasteiger partial charge is 0.496 e. The highest BCUT2D eigenvalue weighted by atomic mass is 31.1. The molecular formula is C31H37O5P. The molecule has 0 fully saturated rings. The third-order valence-corrected chi connectivity index (χ3v) is 7.63. The van der Waals surface area contributed by atoms with E-state index in [9.17, 15) is 4.79 Å². The molecular weight excluding hydrogens is 483 g/mol. The SMILES string of the molecule is COc1cccc(OC)c1-c1cccc(-c2c(OC)cccc2OC)c1PC(C)(C)CC(=O)C=C(C)C. The van der Waals surface area contributed by atoms with Crippen LogP contribution in [0.2, 0.25) is 0 Å². The molecule has 3 aromatic carbocycles. The van der Waals surface area contributed by atoms with Crippen molar-refractivity contribution in [3.63, 3.8) is 0 Å². The number of hydrogen-bond donors (Lipinski definition) is 0. The number of carbonyl (C=O) groups excluding carboxylic acids is 1. The van der Waals surface area contributed by atoms with Crippen LogP contribution in [0, 0.1) is 0 Å². The lowest BCUT2D eigenvalue weighted by atomic mass is 9.96. The summed E-state index contributed by atoms with van der Waals surface area (Å²) in [6.07, 6.45) is 2.15. The third kappa shape index (κ3) is 6.53. The van der Waals surface area contributed by atoms with Crippen molar-refractivity contribution in [2.45, 2.75) is 39.3 Å². The lowest BCUT2D eigenvalue weighted by Gasteiger charge is -2.28. The summed E-state index contributed by atoms with van der Waals surface area (Å²) in [5, 5.41) is 0.779. The summed E-state index contributed by atoms with van der Waals surface area (Å²) in [5.74, 6) is 2.99. The second kappa shape index (κ2) is 12.3. The Labute approximate surface area is 222 Å². The van der Waals surface area contributed by atoms with Gasteiger partial charge in [0, 0.05) is 6.42 Å². The van der Waals surface area contributed by atoms with Crippen LogP contribution >= 0.6 is 8.58 Å². The van der Waals surface area contributed by atoms with E-state index in [0.717, 1.165) is 33.1 Å². The third-order valence-electron chi connectivity index (χ3n) is 5.99. The number of ketones is 1. The Morgan fingerprint density at radius 2 is 1.11 bits per heavy atom. The molecule has 0 aliphatic rings. The molecule has 0 aliphatic heterocycles. The lowest BCUT2D eigenvalue weighted by Crippen LogP contribution is -2.23. The van der Waals surface area contributed by atoms with E-state index in [2.05, 4.69) is 26.0 Å². The molecule has 0 amide bonds. The highest BCUT2D eigenvalue weighted by Gasteiger charge is 2.28. The summed E-state index contributed by atoms with van der Waals surface area (Å²) >= 11 is 0. The summed E-state index contributed by atoms with van der Waals surface area (Å²) in [6, 6.07) is 17.8. The van der Waals surface area contributed by atoms with E-state index in [1.54, 1.807) is 34.5 Å². The van der Waals surface area contributed by atoms with E-state index < -0.39 is 0 Å². The molecule has 0 radical (unpaired) electrons. The average molecular weight is 521 g/mol. The Balaban J connectivity index is 2.35. The zero-order valence-corrected chi connectivity index (χ0v) is 24.0. The second-order valence-electron chi connectivity index (χ2n) is 9.68. The molecule has 0 spiro atoms. The van der Waals surface area contributed by atoms with Crippen molar-refractivity contribution >= 4 is 19.7 Å². The van der Waals surface area contributed by atoms with E-state index in [1.165, 1.54) is 0 Å². The quantitative estimate of drug-likeness (QED) is 0.200. The van der Waals surface area contributed by atoms with Crippen molar-refractivity contribution in [3.8, 4) is 45.3 Å². The number of benzene rings is 3. The van der Waals surface area contributed by atoms with Crippen LogP contribution in [-0.2, 0) is 4.79 Å². The molecule has 1 unspecified atom stereocenters. The monoisotopic (exact) mass is 520 g/mol. The standard InChI is InChI=1S/C31H37O5P/c1-20(2)18-21(32)19-31(3,4)37-30-22(28-24(33-5)14-10-15-25(28)34-6)12-9-13-23(30)29-26(35-7)16-11-17-27(29)36-8/h9-18,37H,19H2,1-8H3. The second-order valence-corrected chi connectivity index (χ2v) is 11.8. The van der Waals surface area contributed by atoms with Crippen LogP contribution in [0.25, 0.3) is 22.3 Å². The molecule has 0 aromatic heterocycles. The van der Waals surface area contributed by atoms with E-state index in [1.807, 2.05) is 56.3 Å². The molecule has 0 saturated heterocycles. The molecule has 0 saturated carbocycles. The molecule has 6 heteroatoms. The molecule has 37 heavy (non-hydrogen) atoms. The van der Waals surface area contributed by atoms with Gasteiger partial charge >= 0.3 is 0 Å². The van der Waals surface area contributed by atoms with Crippen molar-refractivity contribution in [1.82, 2.24) is 0 Å². The fourth-order valence-electron chi connectivity index (χ4n) is 4.53. The number of ether oxygens (including phenoxy) is 4. The summed E-state index contributed by atoms with van der Waals surface area (Å²) in [7, 11) is 6.94. The summed E-state index contributed by atoms with van der Waals surface area (Å²) < 4.78 is 23.1. The fraction of sp³-hybridized carbons (Fsp3) is 0.323. The van der Waals surface area contributed by atoms with Crippen molar-refractivity contribution < 1.29 is 23.7 Å². The maximum atomic E-state index is 12.8. The smallest absolute Gasteiger partial charge is 0.156 e. The number of rotatable bonds is 11. The molecule has 0 aliphatic carbocycles. The van der Waals surface area contributed by atoms with Gasteiger partial charge in [-0.25, -0.2) is 0 Å². The van der Waals surface area contributed by atoms with E-state index in [0.29, 0.717) is 29.4 Å². The number of carbonyl (C=O) groups is 1. The molecule has 3 rings (SSSR count). The molecule has 3 aromatic rings. The molecule has 5 nitrogen and oxygen atoms in total. The molecule has 196 valence electrons. The van der Waals surface area contributed by atoms with Crippen LogP contribution in [-0.4, -0.2) is 39.4 Å². The van der Waals surface area contributed by atoms with Crippen molar-refractivity contribution in [2.75, 3.05) is 28.4 Å². The van der Waals surface area contributed by atoms with Gasteiger partial charge in [-0.2, -0.15) is 0 Å². The van der Waals surface area contributed by atoms with Gasteiger partial charge in [0.05, 0.1) is 39.6 Å². The Kier molecular flexibility index (Phi) is 9.39. The Bertz CT molecular complexity index is 1170. The van der Waals surface area contributed by atoms with E-state index in [-0.39, 0.29) is 19.5 Å². The summed E-state index contributed by atoms with van der Waals surface area (Å²) in [4.78, 5) is 12.8. The van der Waals surface area contributed by atoms with Gasteiger partial charge in [-0.3, -0.25) is 4.79 Å². The van der Waals surface area contributed by atoms with Crippen LogP contribution in [0.1, 0.15) is 34.1 Å². The number of allylic oxidation sites excluding steroid dienone is 2. The van der Waals surface area contributed by atoms with E-state index in [4.69, 9.17) is 18.9 Å². The zero-order chi connectivity index (χ0) is 27.2. The minimum atomic E-state index is -0.307. The van der Waals surface area contributed by atoms with Gasteiger partial charge in [0.25, 0.3) is 0 Å². The van der Waals surface area contributed by atoms with E-state index >= 15 is 0 Å². The van der Waals surface area contributed by atoms with Crippen LogP contribution in [0.15, 0.2) is 66.2 Å². The summed E-state index contributed by atoms with van der Waals surface area (Å²) in [6.45, 7) is 8.17.